The third-order valence-corrected chi connectivity index (χ3v) is 3.07. The van der Waals surface area contributed by atoms with Crippen LogP contribution in [0.2, 0.25) is 0 Å². The number of carbonyl (C=O) groups is 1. The second-order valence-corrected chi connectivity index (χ2v) is 4.23. The lowest BCUT2D eigenvalue weighted by Crippen LogP contribution is -2.26. The van der Waals surface area contributed by atoms with E-state index in [-0.39, 0.29) is 12.5 Å². The van der Waals surface area contributed by atoms with Crippen LogP contribution in [0, 0.1) is 0 Å². The van der Waals surface area contributed by atoms with E-state index in [1.54, 1.807) is 0 Å². The first-order valence-electron chi connectivity index (χ1n) is 5.75. The lowest BCUT2D eigenvalue weighted by molar-refractivity contribution is -0.127. The summed E-state index contributed by atoms with van der Waals surface area (Å²) in [7, 11) is 0. The van der Waals surface area contributed by atoms with Crippen LogP contribution in [0.3, 0.4) is 0 Å². The Balaban J connectivity index is 1.98. The van der Waals surface area contributed by atoms with Gasteiger partial charge < -0.3 is 10.0 Å². The van der Waals surface area contributed by atoms with Crippen LogP contribution in [0.1, 0.15) is 24.3 Å². The normalized spacial score (nSPS) is 20.4. The van der Waals surface area contributed by atoms with Crippen molar-refractivity contribution in [2.75, 3.05) is 19.7 Å². The Hall–Kier alpha value is -1.35. The molecule has 1 aliphatic rings. The molecule has 1 N–H and O–H groups in total. The molecule has 16 heavy (non-hydrogen) atoms. The van der Waals surface area contributed by atoms with Crippen LogP contribution in [0.4, 0.5) is 0 Å². The fraction of sp³-hybridized carbons (Fsp3) is 0.462. The largest absolute Gasteiger partial charge is 0.396 e. The van der Waals surface area contributed by atoms with Gasteiger partial charge in [0, 0.05) is 32.0 Å². The molecule has 3 nitrogen and oxygen atoms in total. The fourth-order valence-electron chi connectivity index (χ4n) is 2.20. The SMILES string of the molecule is O=C1CC(c2ccccc2)CN1CCCO. The monoisotopic (exact) mass is 219 g/mol. The Morgan fingerprint density at radius 3 is 2.75 bits per heavy atom. The van der Waals surface area contributed by atoms with E-state index in [0.29, 0.717) is 25.3 Å². The summed E-state index contributed by atoms with van der Waals surface area (Å²) in [5, 5.41) is 8.76. The summed E-state index contributed by atoms with van der Waals surface area (Å²) in [5.41, 5.74) is 1.24. The highest BCUT2D eigenvalue weighted by Gasteiger charge is 2.29. The zero-order valence-corrected chi connectivity index (χ0v) is 9.30. The van der Waals surface area contributed by atoms with E-state index in [1.165, 1.54) is 5.56 Å². The average Bonchev–Trinajstić information content (AvgIpc) is 2.69. The zero-order valence-electron chi connectivity index (χ0n) is 9.30. The molecule has 1 heterocycles. The van der Waals surface area contributed by atoms with Crippen molar-refractivity contribution in [3.8, 4) is 0 Å². The molecule has 1 amide bonds. The highest BCUT2D eigenvalue weighted by molar-refractivity contribution is 5.79. The summed E-state index contributed by atoms with van der Waals surface area (Å²) < 4.78 is 0. The molecule has 0 aromatic heterocycles. The summed E-state index contributed by atoms with van der Waals surface area (Å²) >= 11 is 0. The van der Waals surface area contributed by atoms with E-state index in [2.05, 4.69) is 12.1 Å². The first kappa shape index (κ1) is 11.1. The van der Waals surface area contributed by atoms with E-state index in [9.17, 15) is 4.79 Å². The van der Waals surface area contributed by atoms with Gasteiger partial charge >= 0.3 is 0 Å². The first-order valence-corrected chi connectivity index (χ1v) is 5.75. The van der Waals surface area contributed by atoms with Crippen molar-refractivity contribution in [2.24, 2.45) is 0 Å². The average molecular weight is 219 g/mol. The molecule has 1 saturated heterocycles. The summed E-state index contributed by atoms with van der Waals surface area (Å²) in [5.74, 6) is 0.537. The van der Waals surface area contributed by atoms with Crippen molar-refractivity contribution in [1.29, 1.82) is 0 Å². The van der Waals surface area contributed by atoms with Gasteiger partial charge in [0.2, 0.25) is 5.91 Å². The number of rotatable bonds is 4. The van der Waals surface area contributed by atoms with Crippen LogP contribution in [-0.2, 0) is 4.79 Å². The van der Waals surface area contributed by atoms with Gasteiger partial charge in [-0.2, -0.15) is 0 Å². The van der Waals surface area contributed by atoms with E-state index in [0.717, 1.165) is 6.54 Å². The molecule has 1 aromatic rings. The number of hydrogen-bond acceptors (Lipinski definition) is 2. The lowest BCUT2D eigenvalue weighted by atomic mass is 9.99. The number of likely N-dealkylation sites (tertiary alicyclic amines) is 1. The molecular weight excluding hydrogens is 202 g/mol. The minimum absolute atomic E-state index is 0.153. The minimum atomic E-state index is 0.153. The van der Waals surface area contributed by atoms with Gasteiger partial charge in [0.15, 0.2) is 0 Å². The van der Waals surface area contributed by atoms with Gasteiger partial charge in [-0.1, -0.05) is 30.3 Å². The molecule has 0 bridgehead atoms. The van der Waals surface area contributed by atoms with E-state index < -0.39 is 0 Å². The number of nitrogens with zero attached hydrogens (tertiary/aromatic N) is 1. The molecule has 1 atom stereocenters. The van der Waals surface area contributed by atoms with Crippen molar-refractivity contribution in [2.45, 2.75) is 18.8 Å². The smallest absolute Gasteiger partial charge is 0.223 e. The molecule has 1 fully saturated rings. The van der Waals surface area contributed by atoms with E-state index in [1.807, 2.05) is 23.1 Å². The Kier molecular flexibility index (Phi) is 3.57. The number of benzene rings is 1. The van der Waals surface area contributed by atoms with Crippen LogP contribution in [0.15, 0.2) is 30.3 Å². The maximum absolute atomic E-state index is 11.7. The van der Waals surface area contributed by atoms with Crippen molar-refractivity contribution in [3.05, 3.63) is 35.9 Å². The molecule has 0 aliphatic carbocycles. The second kappa shape index (κ2) is 5.12. The molecular formula is C13H17NO2. The summed E-state index contributed by atoms with van der Waals surface area (Å²) in [6.45, 7) is 1.63. The van der Waals surface area contributed by atoms with Crippen LogP contribution in [0.25, 0.3) is 0 Å². The summed E-state index contributed by atoms with van der Waals surface area (Å²) in [6.07, 6.45) is 1.28. The van der Waals surface area contributed by atoms with Crippen LogP contribution < -0.4 is 0 Å². The van der Waals surface area contributed by atoms with Crippen molar-refractivity contribution in [3.63, 3.8) is 0 Å². The van der Waals surface area contributed by atoms with Crippen LogP contribution >= 0.6 is 0 Å². The lowest BCUT2D eigenvalue weighted by Gasteiger charge is -2.15. The standard InChI is InChI=1S/C13H17NO2/c15-8-4-7-14-10-12(9-13(14)16)11-5-2-1-3-6-11/h1-3,5-6,12,15H,4,7-10H2. The quantitative estimate of drug-likeness (QED) is 0.831. The number of carbonyl (C=O) groups excluding carboxylic acids is 1. The van der Waals surface area contributed by atoms with Gasteiger partial charge in [-0.05, 0) is 12.0 Å². The van der Waals surface area contributed by atoms with Gasteiger partial charge in [-0.3, -0.25) is 4.79 Å². The van der Waals surface area contributed by atoms with Crippen molar-refractivity contribution >= 4 is 5.91 Å². The fourth-order valence-corrected chi connectivity index (χ4v) is 2.20. The Morgan fingerprint density at radius 2 is 2.06 bits per heavy atom. The predicted molar refractivity (Wildman–Crippen MR) is 62.1 cm³/mol. The van der Waals surface area contributed by atoms with E-state index >= 15 is 0 Å². The van der Waals surface area contributed by atoms with Gasteiger partial charge in [-0.25, -0.2) is 0 Å². The third-order valence-electron chi connectivity index (χ3n) is 3.07. The van der Waals surface area contributed by atoms with Crippen molar-refractivity contribution < 1.29 is 9.90 Å². The summed E-state index contributed by atoms with van der Waals surface area (Å²) in [6, 6.07) is 10.2. The van der Waals surface area contributed by atoms with E-state index in [4.69, 9.17) is 5.11 Å². The number of aliphatic hydroxyl groups is 1. The Morgan fingerprint density at radius 1 is 1.31 bits per heavy atom. The molecule has 0 spiro atoms. The molecule has 1 unspecified atom stereocenters. The Bertz CT molecular complexity index is 350. The molecule has 0 saturated carbocycles. The second-order valence-electron chi connectivity index (χ2n) is 4.23. The number of hydrogen-bond donors (Lipinski definition) is 1. The number of amides is 1. The van der Waals surface area contributed by atoms with Crippen LogP contribution in [0.5, 0.6) is 0 Å². The third kappa shape index (κ3) is 2.42. The van der Waals surface area contributed by atoms with Gasteiger partial charge in [0.1, 0.15) is 0 Å². The van der Waals surface area contributed by atoms with Gasteiger partial charge in [0.05, 0.1) is 0 Å². The molecule has 1 aromatic carbocycles. The van der Waals surface area contributed by atoms with Gasteiger partial charge in [0.25, 0.3) is 0 Å². The minimum Gasteiger partial charge on any atom is -0.396 e. The highest BCUT2D eigenvalue weighted by Crippen LogP contribution is 2.27. The molecule has 2 rings (SSSR count). The number of aliphatic hydroxyl groups excluding tert-OH is 1. The zero-order chi connectivity index (χ0) is 11.4. The predicted octanol–water partition coefficient (Wildman–Crippen LogP) is 1.38. The topological polar surface area (TPSA) is 40.5 Å². The van der Waals surface area contributed by atoms with Crippen LogP contribution in [-0.4, -0.2) is 35.6 Å². The molecule has 0 radical (unpaired) electrons. The highest BCUT2D eigenvalue weighted by atomic mass is 16.3. The van der Waals surface area contributed by atoms with Crippen molar-refractivity contribution in [1.82, 2.24) is 4.90 Å². The molecule has 3 heteroatoms. The summed E-state index contributed by atoms with van der Waals surface area (Å²) in [4.78, 5) is 13.6. The van der Waals surface area contributed by atoms with Gasteiger partial charge in [-0.15, -0.1) is 0 Å². The molecule has 1 aliphatic heterocycles. The molecule has 86 valence electrons. The maximum Gasteiger partial charge on any atom is 0.223 e. The maximum atomic E-state index is 11.7. The first-order chi connectivity index (χ1) is 7.81. The Labute approximate surface area is 95.7 Å².